The van der Waals surface area contributed by atoms with Crippen LogP contribution >= 0.6 is 11.3 Å². The van der Waals surface area contributed by atoms with Crippen LogP contribution in [0.3, 0.4) is 0 Å². The summed E-state index contributed by atoms with van der Waals surface area (Å²) in [7, 11) is 0. The molecule has 0 amide bonds. The fourth-order valence-corrected chi connectivity index (χ4v) is 3.56. The van der Waals surface area contributed by atoms with E-state index in [9.17, 15) is 10.1 Å². The molecule has 134 valence electrons. The van der Waals surface area contributed by atoms with Gasteiger partial charge in [0.25, 0.3) is 5.69 Å². The Morgan fingerprint density at radius 2 is 1.96 bits per heavy atom. The van der Waals surface area contributed by atoms with Crippen LogP contribution in [0.15, 0.2) is 70.2 Å². The van der Waals surface area contributed by atoms with Gasteiger partial charge in [0.05, 0.1) is 16.8 Å². The number of hydrogen-bond acceptors (Lipinski definition) is 5. The maximum atomic E-state index is 11.2. The number of nitrogens with one attached hydrogen (secondary N) is 1. The zero-order valence-electron chi connectivity index (χ0n) is 14.4. The number of H-pyrrole nitrogens is 1. The molecule has 7 nitrogen and oxygen atoms in total. The van der Waals surface area contributed by atoms with E-state index in [2.05, 4.69) is 15.1 Å². The minimum Gasteiger partial charge on any atom is -0.361 e. The summed E-state index contributed by atoms with van der Waals surface area (Å²) in [5.41, 5.74) is 3.17. The quantitative estimate of drug-likeness (QED) is 0.325. The summed E-state index contributed by atoms with van der Waals surface area (Å²) in [6.07, 6.45) is 3.66. The monoisotopic (exact) mass is 377 g/mol. The molecule has 27 heavy (non-hydrogen) atoms. The van der Waals surface area contributed by atoms with Crippen molar-refractivity contribution >= 4 is 39.8 Å². The smallest absolute Gasteiger partial charge is 0.294 e. The molecule has 0 aliphatic rings. The van der Waals surface area contributed by atoms with Gasteiger partial charge >= 0.3 is 0 Å². The number of fused-ring (bicyclic) bond motifs is 1. The van der Waals surface area contributed by atoms with Crippen LogP contribution in [0.5, 0.6) is 0 Å². The average Bonchev–Trinajstić information content (AvgIpc) is 3.24. The summed E-state index contributed by atoms with van der Waals surface area (Å²) in [5, 5.41) is 18.8. The molecule has 0 bridgehead atoms. The highest BCUT2D eigenvalue weighted by molar-refractivity contribution is 7.07. The molecule has 0 unspecified atom stereocenters. The summed E-state index contributed by atoms with van der Waals surface area (Å²) < 4.78 is 1.68. The SMILES string of the molecule is Cc1csc(=Nc2ccccc2[N+](=O)[O-])n1N=Cc1c[nH]c2ccccc12. The molecule has 0 aliphatic heterocycles. The van der Waals surface area contributed by atoms with Crippen molar-refractivity contribution in [1.29, 1.82) is 0 Å². The van der Waals surface area contributed by atoms with Crippen molar-refractivity contribution < 1.29 is 4.92 Å². The molecule has 8 heteroatoms. The third-order valence-corrected chi connectivity index (χ3v) is 5.01. The van der Waals surface area contributed by atoms with Crippen LogP contribution in [-0.4, -0.2) is 20.8 Å². The van der Waals surface area contributed by atoms with Gasteiger partial charge in [0, 0.05) is 34.1 Å². The first-order chi connectivity index (χ1) is 13.1. The lowest BCUT2D eigenvalue weighted by Crippen LogP contribution is -2.11. The second kappa shape index (κ2) is 7.00. The number of para-hydroxylation sites is 3. The zero-order valence-corrected chi connectivity index (χ0v) is 15.2. The van der Waals surface area contributed by atoms with Gasteiger partial charge in [-0.1, -0.05) is 30.3 Å². The van der Waals surface area contributed by atoms with Gasteiger partial charge in [0.15, 0.2) is 0 Å². The van der Waals surface area contributed by atoms with Crippen molar-refractivity contribution in [1.82, 2.24) is 9.66 Å². The van der Waals surface area contributed by atoms with Crippen molar-refractivity contribution in [2.24, 2.45) is 10.1 Å². The molecule has 2 aromatic carbocycles. The van der Waals surface area contributed by atoms with Crippen LogP contribution < -0.4 is 4.80 Å². The Morgan fingerprint density at radius 1 is 1.19 bits per heavy atom. The van der Waals surface area contributed by atoms with E-state index in [1.165, 1.54) is 17.4 Å². The Bertz CT molecular complexity index is 1230. The molecule has 0 spiro atoms. The van der Waals surface area contributed by atoms with Crippen molar-refractivity contribution in [2.45, 2.75) is 6.92 Å². The number of nitrogens with zero attached hydrogens (tertiary/aromatic N) is 4. The second-order valence-corrected chi connectivity index (χ2v) is 6.70. The van der Waals surface area contributed by atoms with Gasteiger partial charge in [0.2, 0.25) is 4.80 Å². The van der Waals surface area contributed by atoms with Gasteiger partial charge in [-0.2, -0.15) is 5.10 Å². The molecule has 4 aromatic rings. The zero-order chi connectivity index (χ0) is 18.8. The number of aromatic nitrogens is 2. The van der Waals surface area contributed by atoms with E-state index in [1.807, 2.05) is 42.8 Å². The minimum absolute atomic E-state index is 0.0317. The Kier molecular flexibility index (Phi) is 4.39. The number of aryl methyl sites for hydroxylation is 1. The van der Waals surface area contributed by atoms with Crippen molar-refractivity contribution in [3.8, 4) is 0 Å². The van der Waals surface area contributed by atoms with Crippen LogP contribution in [0.1, 0.15) is 11.3 Å². The lowest BCUT2D eigenvalue weighted by Gasteiger charge is -1.99. The highest BCUT2D eigenvalue weighted by Gasteiger charge is 2.12. The Morgan fingerprint density at radius 3 is 2.81 bits per heavy atom. The van der Waals surface area contributed by atoms with Crippen LogP contribution in [0, 0.1) is 17.0 Å². The number of hydrogen-bond donors (Lipinski definition) is 1. The fourth-order valence-electron chi connectivity index (χ4n) is 2.74. The second-order valence-electron chi connectivity index (χ2n) is 5.86. The number of rotatable bonds is 4. The molecule has 0 radical (unpaired) electrons. The van der Waals surface area contributed by atoms with E-state index >= 15 is 0 Å². The van der Waals surface area contributed by atoms with Gasteiger partial charge in [-0.3, -0.25) is 10.1 Å². The van der Waals surface area contributed by atoms with E-state index in [4.69, 9.17) is 0 Å². The van der Waals surface area contributed by atoms with Crippen LogP contribution in [0.2, 0.25) is 0 Å². The number of nitro benzene ring substituents is 1. The van der Waals surface area contributed by atoms with Crippen molar-refractivity contribution in [3.63, 3.8) is 0 Å². The lowest BCUT2D eigenvalue weighted by molar-refractivity contribution is -0.384. The molecule has 0 saturated carbocycles. The van der Waals surface area contributed by atoms with Crippen LogP contribution in [0.25, 0.3) is 10.9 Å². The molecular formula is C19H15N5O2S. The van der Waals surface area contributed by atoms with E-state index in [0.29, 0.717) is 10.5 Å². The average molecular weight is 377 g/mol. The van der Waals surface area contributed by atoms with Gasteiger partial charge < -0.3 is 4.98 Å². The summed E-state index contributed by atoms with van der Waals surface area (Å²) in [4.78, 5) is 19.0. The van der Waals surface area contributed by atoms with Crippen LogP contribution in [-0.2, 0) is 0 Å². The number of aromatic amines is 1. The molecule has 0 fully saturated rings. The summed E-state index contributed by atoms with van der Waals surface area (Å²) >= 11 is 1.38. The fraction of sp³-hybridized carbons (Fsp3) is 0.0526. The van der Waals surface area contributed by atoms with E-state index in [0.717, 1.165) is 22.2 Å². The van der Waals surface area contributed by atoms with Gasteiger partial charge in [-0.25, -0.2) is 9.67 Å². The van der Waals surface area contributed by atoms with E-state index < -0.39 is 4.92 Å². The number of benzene rings is 2. The molecule has 1 N–H and O–H groups in total. The first kappa shape index (κ1) is 16.9. The minimum atomic E-state index is -0.432. The lowest BCUT2D eigenvalue weighted by atomic mass is 10.2. The largest absolute Gasteiger partial charge is 0.361 e. The highest BCUT2D eigenvalue weighted by Crippen LogP contribution is 2.25. The van der Waals surface area contributed by atoms with Crippen molar-refractivity contribution in [2.75, 3.05) is 0 Å². The van der Waals surface area contributed by atoms with Gasteiger partial charge in [-0.05, 0) is 19.1 Å². The first-order valence-electron chi connectivity index (χ1n) is 8.19. The third kappa shape index (κ3) is 3.30. The molecular weight excluding hydrogens is 362 g/mol. The molecule has 2 heterocycles. The normalized spacial score (nSPS) is 12.3. The van der Waals surface area contributed by atoms with E-state index in [-0.39, 0.29) is 5.69 Å². The van der Waals surface area contributed by atoms with Gasteiger partial charge in [0.1, 0.15) is 5.69 Å². The predicted molar refractivity (Wildman–Crippen MR) is 107 cm³/mol. The van der Waals surface area contributed by atoms with Gasteiger partial charge in [-0.15, -0.1) is 11.3 Å². The topological polar surface area (TPSA) is 88.6 Å². The number of nitro groups is 1. The predicted octanol–water partition coefficient (Wildman–Crippen LogP) is 4.36. The Balaban J connectivity index is 1.78. The highest BCUT2D eigenvalue weighted by atomic mass is 32.1. The summed E-state index contributed by atoms with van der Waals surface area (Å²) in [5.74, 6) is 0. The first-order valence-corrected chi connectivity index (χ1v) is 9.07. The van der Waals surface area contributed by atoms with Crippen LogP contribution in [0.4, 0.5) is 11.4 Å². The molecule has 0 saturated heterocycles. The third-order valence-electron chi connectivity index (χ3n) is 4.08. The maximum absolute atomic E-state index is 11.2. The Hall–Kier alpha value is -3.52. The Labute approximate surface area is 158 Å². The molecule has 0 atom stereocenters. The maximum Gasteiger partial charge on any atom is 0.294 e. The summed E-state index contributed by atoms with van der Waals surface area (Å²) in [6, 6.07) is 14.4. The van der Waals surface area contributed by atoms with Crippen molar-refractivity contribution in [3.05, 3.63) is 86.3 Å². The van der Waals surface area contributed by atoms with E-state index in [1.54, 1.807) is 29.1 Å². The number of thiazole rings is 1. The molecule has 0 aliphatic carbocycles. The molecule has 2 aromatic heterocycles. The molecule has 4 rings (SSSR count). The standard InChI is InChI=1S/C19H15N5O2S/c1-13-12-27-19(22-17-8-4-5-9-18(17)24(25)26)23(13)21-11-14-10-20-16-7-3-2-6-15(14)16/h2-12,20H,1H3. The summed E-state index contributed by atoms with van der Waals surface area (Å²) in [6.45, 7) is 1.92.